The predicted octanol–water partition coefficient (Wildman–Crippen LogP) is -0.228. The highest BCUT2D eigenvalue weighted by molar-refractivity contribution is 7.88. The minimum Gasteiger partial charge on any atom is -0.338 e. The number of carbonyl (C=O) groups is 1. The largest absolute Gasteiger partial charge is 0.338 e. The van der Waals surface area contributed by atoms with E-state index in [1.54, 1.807) is 0 Å². The summed E-state index contributed by atoms with van der Waals surface area (Å²) in [5.74, 6) is 0.573. The molecule has 0 radical (unpaired) electrons. The molecular weight excluding hydrogens is 278 g/mol. The fraction of sp³-hybridized carbons (Fsp3) is 0.923. The van der Waals surface area contributed by atoms with Crippen LogP contribution in [0, 0.1) is 11.8 Å². The van der Waals surface area contributed by atoms with Crippen LogP contribution in [0.25, 0.3) is 0 Å². The van der Waals surface area contributed by atoms with Crippen molar-refractivity contribution < 1.29 is 13.2 Å². The Balaban J connectivity index is 2.00. The van der Waals surface area contributed by atoms with Crippen molar-refractivity contribution in [3.8, 4) is 0 Å². The summed E-state index contributed by atoms with van der Waals surface area (Å²) in [6, 6.07) is -0.00113. The molecule has 2 N–H and O–H groups in total. The molecule has 3 atom stereocenters. The van der Waals surface area contributed by atoms with Gasteiger partial charge >= 0.3 is 0 Å². The van der Waals surface area contributed by atoms with E-state index in [0.29, 0.717) is 12.5 Å². The van der Waals surface area contributed by atoms with E-state index < -0.39 is 10.0 Å². The van der Waals surface area contributed by atoms with Crippen molar-refractivity contribution in [1.82, 2.24) is 14.9 Å². The summed E-state index contributed by atoms with van der Waals surface area (Å²) < 4.78 is 25.0. The van der Waals surface area contributed by atoms with Crippen LogP contribution in [-0.4, -0.2) is 57.7 Å². The first-order valence-electron chi connectivity index (χ1n) is 7.34. The maximum atomic E-state index is 12.7. The highest BCUT2D eigenvalue weighted by Crippen LogP contribution is 2.24. The molecule has 0 bridgehead atoms. The molecule has 2 rings (SSSR count). The van der Waals surface area contributed by atoms with Crippen LogP contribution in [0.3, 0.4) is 0 Å². The predicted molar refractivity (Wildman–Crippen MR) is 77.7 cm³/mol. The average Bonchev–Trinajstić information content (AvgIpc) is 2.81. The molecule has 0 aromatic carbocycles. The van der Waals surface area contributed by atoms with E-state index >= 15 is 0 Å². The zero-order valence-electron chi connectivity index (χ0n) is 12.3. The van der Waals surface area contributed by atoms with Gasteiger partial charge in [0.25, 0.3) is 0 Å². The monoisotopic (exact) mass is 303 g/mol. The van der Waals surface area contributed by atoms with Crippen LogP contribution in [0.4, 0.5) is 0 Å². The standard InChI is InChI=1S/C13H25N3O3S/c1-10-7-14-9-12(10)13(17)16-6-4-3-5-11(16)8-15-20(2,18)19/h10-12,14-15H,3-9H2,1-2H3. The Morgan fingerprint density at radius 2 is 2.10 bits per heavy atom. The maximum Gasteiger partial charge on any atom is 0.227 e. The molecule has 116 valence electrons. The number of nitrogens with zero attached hydrogens (tertiary/aromatic N) is 1. The molecule has 1 amide bonds. The maximum absolute atomic E-state index is 12.7. The molecule has 0 aromatic heterocycles. The summed E-state index contributed by atoms with van der Waals surface area (Å²) >= 11 is 0. The van der Waals surface area contributed by atoms with Gasteiger partial charge in [-0.25, -0.2) is 13.1 Å². The van der Waals surface area contributed by atoms with Crippen molar-refractivity contribution in [1.29, 1.82) is 0 Å². The van der Waals surface area contributed by atoms with Gasteiger partial charge in [0.1, 0.15) is 0 Å². The number of carbonyl (C=O) groups excluding carboxylic acids is 1. The second kappa shape index (κ2) is 6.41. The third-order valence-electron chi connectivity index (χ3n) is 4.33. The van der Waals surface area contributed by atoms with Crippen molar-refractivity contribution in [2.45, 2.75) is 32.2 Å². The second-order valence-electron chi connectivity index (χ2n) is 6.04. The van der Waals surface area contributed by atoms with Crippen LogP contribution in [-0.2, 0) is 14.8 Å². The molecule has 2 aliphatic heterocycles. The molecule has 6 nitrogen and oxygen atoms in total. The zero-order chi connectivity index (χ0) is 14.8. The topological polar surface area (TPSA) is 78.5 Å². The van der Waals surface area contributed by atoms with Gasteiger partial charge in [-0.1, -0.05) is 6.92 Å². The Labute approximate surface area is 121 Å². The smallest absolute Gasteiger partial charge is 0.227 e. The molecular formula is C13H25N3O3S. The molecule has 0 aromatic rings. The van der Waals surface area contributed by atoms with Gasteiger partial charge in [0.2, 0.25) is 15.9 Å². The van der Waals surface area contributed by atoms with Crippen LogP contribution < -0.4 is 10.0 Å². The molecule has 7 heteroatoms. The van der Waals surface area contributed by atoms with Crippen molar-refractivity contribution in [3.63, 3.8) is 0 Å². The highest BCUT2D eigenvalue weighted by atomic mass is 32.2. The number of nitrogens with one attached hydrogen (secondary N) is 2. The molecule has 2 aliphatic rings. The number of piperidine rings is 1. The summed E-state index contributed by atoms with van der Waals surface area (Å²) in [5.41, 5.74) is 0. The minimum atomic E-state index is -3.20. The summed E-state index contributed by atoms with van der Waals surface area (Å²) in [5, 5.41) is 3.25. The van der Waals surface area contributed by atoms with Gasteiger partial charge in [-0.3, -0.25) is 4.79 Å². The van der Waals surface area contributed by atoms with Gasteiger partial charge in [0.15, 0.2) is 0 Å². The van der Waals surface area contributed by atoms with Gasteiger partial charge in [0.05, 0.1) is 12.2 Å². The van der Waals surface area contributed by atoms with Crippen LogP contribution in [0.15, 0.2) is 0 Å². The van der Waals surface area contributed by atoms with Gasteiger partial charge < -0.3 is 10.2 Å². The van der Waals surface area contributed by atoms with E-state index in [0.717, 1.165) is 45.2 Å². The first-order chi connectivity index (χ1) is 9.38. The molecule has 20 heavy (non-hydrogen) atoms. The average molecular weight is 303 g/mol. The number of sulfonamides is 1. The highest BCUT2D eigenvalue weighted by Gasteiger charge is 2.36. The summed E-state index contributed by atoms with van der Waals surface area (Å²) in [6.45, 7) is 4.80. The van der Waals surface area contributed by atoms with E-state index in [9.17, 15) is 13.2 Å². The summed E-state index contributed by atoms with van der Waals surface area (Å²) in [6.07, 6.45) is 4.10. The SMILES string of the molecule is CC1CNCC1C(=O)N1CCCCC1CNS(C)(=O)=O. The molecule has 0 aliphatic carbocycles. The van der Waals surface area contributed by atoms with E-state index in [2.05, 4.69) is 17.0 Å². The van der Waals surface area contributed by atoms with Crippen molar-refractivity contribution in [3.05, 3.63) is 0 Å². The Kier molecular flexibility index (Phi) is 5.04. The van der Waals surface area contributed by atoms with Crippen LogP contribution in [0.1, 0.15) is 26.2 Å². The number of likely N-dealkylation sites (tertiary alicyclic amines) is 1. The second-order valence-corrected chi connectivity index (χ2v) is 7.88. The lowest BCUT2D eigenvalue weighted by atomic mass is 9.93. The minimum absolute atomic E-state index is 0.00113. The Bertz CT molecular complexity index is 452. The first-order valence-corrected chi connectivity index (χ1v) is 9.23. The lowest BCUT2D eigenvalue weighted by Crippen LogP contribution is -2.52. The van der Waals surface area contributed by atoms with Gasteiger partial charge in [0, 0.05) is 25.7 Å². The van der Waals surface area contributed by atoms with E-state index in [-0.39, 0.29) is 17.9 Å². The van der Waals surface area contributed by atoms with Crippen LogP contribution in [0.2, 0.25) is 0 Å². The lowest BCUT2D eigenvalue weighted by molar-refractivity contribution is -0.139. The molecule has 0 saturated carbocycles. The zero-order valence-corrected chi connectivity index (χ0v) is 13.1. The fourth-order valence-corrected chi connectivity index (χ4v) is 3.60. The van der Waals surface area contributed by atoms with Gasteiger partial charge in [-0.15, -0.1) is 0 Å². The number of hydrogen-bond acceptors (Lipinski definition) is 4. The fourth-order valence-electron chi connectivity index (χ4n) is 3.10. The lowest BCUT2D eigenvalue weighted by Gasteiger charge is -2.37. The Morgan fingerprint density at radius 1 is 1.35 bits per heavy atom. The molecule has 2 heterocycles. The Hall–Kier alpha value is -0.660. The molecule has 2 fully saturated rings. The molecule has 3 unspecified atom stereocenters. The van der Waals surface area contributed by atoms with Gasteiger partial charge in [-0.2, -0.15) is 0 Å². The quantitative estimate of drug-likeness (QED) is 0.752. The Morgan fingerprint density at radius 3 is 2.70 bits per heavy atom. The van der Waals surface area contributed by atoms with Crippen molar-refractivity contribution >= 4 is 15.9 Å². The molecule has 0 spiro atoms. The number of rotatable bonds is 4. The third kappa shape index (κ3) is 3.93. The third-order valence-corrected chi connectivity index (χ3v) is 5.02. The molecule has 2 saturated heterocycles. The number of hydrogen-bond donors (Lipinski definition) is 2. The van der Waals surface area contributed by atoms with Crippen LogP contribution in [0.5, 0.6) is 0 Å². The van der Waals surface area contributed by atoms with Crippen molar-refractivity contribution in [2.24, 2.45) is 11.8 Å². The van der Waals surface area contributed by atoms with Gasteiger partial charge in [-0.05, 0) is 31.7 Å². The first kappa shape index (κ1) is 15.7. The van der Waals surface area contributed by atoms with Crippen LogP contribution >= 0.6 is 0 Å². The van der Waals surface area contributed by atoms with E-state index in [4.69, 9.17) is 0 Å². The summed E-state index contributed by atoms with van der Waals surface area (Å²) in [7, 11) is -3.20. The van der Waals surface area contributed by atoms with E-state index in [1.807, 2.05) is 4.90 Å². The summed E-state index contributed by atoms with van der Waals surface area (Å²) in [4.78, 5) is 14.6. The number of amides is 1. The van der Waals surface area contributed by atoms with E-state index in [1.165, 1.54) is 0 Å². The normalized spacial score (nSPS) is 31.5. The van der Waals surface area contributed by atoms with Crippen molar-refractivity contribution in [2.75, 3.05) is 32.4 Å².